The van der Waals surface area contributed by atoms with E-state index in [4.69, 9.17) is 4.43 Å². The van der Waals surface area contributed by atoms with Crippen LogP contribution in [0.2, 0.25) is 0 Å². The average Bonchev–Trinajstić information content (AvgIpc) is 2.55. The quantitative estimate of drug-likeness (QED) is 0.496. The molecule has 3 heteroatoms. The fourth-order valence-corrected chi connectivity index (χ4v) is 5.47. The molecule has 1 aromatic carbocycles. The zero-order chi connectivity index (χ0) is 20.8. The van der Waals surface area contributed by atoms with Crippen molar-refractivity contribution in [3.05, 3.63) is 34.4 Å². The molecular formula is C24H40O2Si. The number of carbonyl (C=O) groups excluding carboxylic acids is 1. The average molecular weight is 389 g/mol. The van der Waals surface area contributed by atoms with Gasteiger partial charge in [-0.25, -0.2) is 0 Å². The molecular weight excluding hydrogens is 348 g/mol. The number of hydrogen-bond donors (Lipinski definition) is 0. The predicted octanol–water partition coefficient (Wildman–Crippen LogP) is 5.43. The molecule has 27 heavy (non-hydrogen) atoms. The molecule has 152 valence electrons. The summed E-state index contributed by atoms with van der Waals surface area (Å²) < 4.78 is 6.27. The lowest BCUT2D eigenvalue weighted by Gasteiger charge is -2.45. The highest BCUT2D eigenvalue weighted by Gasteiger charge is 2.41. The number of aldehydes is 1. The standard InChI is InChI=1S/C24H40O2Si/c1-16(14-21(2,3)4)24(9,26-27)18-13-20-19(12-17(18)15-25)22(5,6)10-11-23(20,7)8/h12-13,15-16H,10-11,14H2,1-9,27H3. The Morgan fingerprint density at radius 1 is 1.07 bits per heavy atom. The molecule has 0 heterocycles. The first kappa shape index (κ1) is 22.4. The molecule has 0 amide bonds. The monoisotopic (exact) mass is 388 g/mol. The van der Waals surface area contributed by atoms with Gasteiger partial charge in [0.2, 0.25) is 0 Å². The first-order valence-corrected chi connectivity index (χ1v) is 11.2. The Balaban J connectivity index is 2.71. The molecule has 2 rings (SSSR count). The Hall–Kier alpha value is -0.933. The normalized spacial score (nSPS) is 22.0. The second-order valence-corrected chi connectivity index (χ2v) is 11.8. The van der Waals surface area contributed by atoms with Crippen molar-refractivity contribution in [2.45, 2.75) is 98.0 Å². The van der Waals surface area contributed by atoms with Gasteiger partial charge in [0.05, 0.1) is 5.60 Å². The summed E-state index contributed by atoms with van der Waals surface area (Å²) in [5.41, 5.74) is 4.64. The third kappa shape index (κ3) is 4.24. The van der Waals surface area contributed by atoms with E-state index in [9.17, 15) is 4.79 Å². The van der Waals surface area contributed by atoms with Crippen LogP contribution in [0.1, 0.15) is 109 Å². The van der Waals surface area contributed by atoms with Crippen LogP contribution in [0, 0.1) is 11.3 Å². The van der Waals surface area contributed by atoms with Crippen LogP contribution in [0.15, 0.2) is 12.1 Å². The van der Waals surface area contributed by atoms with Gasteiger partial charge < -0.3 is 4.43 Å². The van der Waals surface area contributed by atoms with Crippen molar-refractivity contribution >= 4 is 16.8 Å². The Morgan fingerprint density at radius 3 is 1.96 bits per heavy atom. The van der Waals surface area contributed by atoms with Crippen molar-refractivity contribution in [3.8, 4) is 0 Å². The summed E-state index contributed by atoms with van der Waals surface area (Å²) in [6.45, 7) is 20.6. The van der Waals surface area contributed by atoms with Gasteiger partial charge in [-0.1, -0.05) is 61.5 Å². The van der Waals surface area contributed by atoms with Crippen molar-refractivity contribution in [1.82, 2.24) is 0 Å². The second kappa shape index (κ2) is 7.15. The molecule has 0 saturated carbocycles. The highest BCUT2D eigenvalue weighted by Crippen LogP contribution is 2.49. The fraction of sp³-hybridized carbons (Fsp3) is 0.708. The molecule has 0 saturated heterocycles. The molecule has 0 radical (unpaired) electrons. The topological polar surface area (TPSA) is 26.3 Å². The number of hydrogen-bond acceptors (Lipinski definition) is 2. The van der Waals surface area contributed by atoms with E-state index in [1.54, 1.807) is 0 Å². The lowest BCUT2D eigenvalue weighted by atomic mass is 9.61. The highest BCUT2D eigenvalue weighted by molar-refractivity contribution is 5.98. The molecule has 2 atom stereocenters. The lowest BCUT2D eigenvalue weighted by molar-refractivity contribution is 0.0181. The largest absolute Gasteiger partial charge is 0.418 e. The molecule has 0 aromatic heterocycles. The minimum Gasteiger partial charge on any atom is -0.418 e. The van der Waals surface area contributed by atoms with Gasteiger partial charge in [0.1, 0.15) is 16.8 Å². The fourth-order valence-electron chi connectivity index (χ4n) is 4.85. The highest BCUT2D eigenvalue weighted by atomic mass is 28.2. The van der Waals surface area contributed by atoms with E-state index in [0.29, 0.717) is 16.4 Å². The van der Waals surface area contributed by atoms with Gasteiger partial charge in [0.25, 0.3) is 0 Å². The maximum Gasteiger partial charge on any atom is 0.150 e. The third-order valence-electron chi connectivity index (χ3n) is 6.97. The summed E-state index contributed by atoms with van der Waals surface area (Å²) in [7, 11) is 0.646. The van der Waals surface area contributed by atoms with E-state index < -0.39 is 5.60 Å². The molecule has 2 nitrogen and oxygen atoms in total. The van der Waals surface area contributed by atoms with Gasteiger partial charge in [0, 0.05) is 5.56 Å². The summed E-state index contributed by atoms with van der Waals surface area (Å²) in [4.78, 5) is 12.1. The zero-order valence-electron chi connectivity index (χ0n) is 19.2. The van der Waals surface area contributed by atoms with Gasteiger partial charge in [-0.3, -0.25) is 4.79 Å². The molecule has 0 aliphatic heterocycles. The summed E-state index contributed by atoms with van der Waals surface area (Å²) in [5.74, 6) is 0.325. The van der Waals surface area contributed by atoms with Crippen LogP contribution < -0.4 is 0 Å². The Labute approximate surface area is 170 Å². The van der Waals surface area contributed by atoms with Crippen molar-refractivity contribution in [3.63, 3.8) is 0 Å². The second-order valence-electron chi connectivity index (χ2n) is 11.3. The minimum atomic E-state index is -0.428. The van der Waals surface area contributed by atoms with Crippen LogP contribution in [0.25, 0.3) is 0 Å². The van der Waals surface area contributed by atoms with Crippen LogP contribution in [0.3, 0.4) is 0 Å². The maximum absolute atomic E-state index is 12.1. The SMILES string of the molecule is CC(CC(C)(C)C)C(C)(O[SiH3])c1cc2c(cc1C=O)C(C)(C)CCC2(C)C. The zero-order valence-corrected chi connectivity index (χ0v) is 21.2. The smallest absolute Gasteiger partial charge is 0.150 e. The van der Waals surface area contributed by atoms with Gasteiger partial charge in [0.15, 0.2) is 0 Å². The first-order valence-electron chi connectivity index (χ1n) is 10.4. The van der Waals surface area contributed by atoms with Gasteiger partial charge in [-0.15, -0.1) is 0 Å². The van der Waals surface area contributed by atoms with Crippen LogP contribution in [0.5, 0.6) is 0 Å². The van der Waals surface area contributed by atoms with Gasteiger partial charge >= 0.3 is 0 Å². The molecule has 0 spiro atoms. The maximum atomic E-state index is 12.1. The predicted molar refractivity (Wildman–Crippen MR) is 119 cm³/mol. The molecule has 1 aliphatic rings. The summed E-state index contributed by atoms with van der Waals surface area (Å²) >= 11 is 0. The molecule has 2 unspecified atom stereocenters. The number of rotatable bonds is 5. The minimum absolute atomic E-state index is 0.108. The Kier molecular flexibility index (Phi) is 5.92. The molecule has 1 aromatic rings. The van der Waals surface area contributed by atoms with Crippen molar-refractivity contribution in [2.24, 2.45) is 11.3 Å². The van der Waals surface area contributed by atoms with E-state index >= 15 is 0 Å². The first-order chi connectivity index (χ1) is 12.2. The van der Waals surface area contributed by atoms with E-state index in [1.807, 2.05) is 0 Å². The van der Waals surface area contributed by atoms with Gasteiger partial charge in [-0.2, -0.15) is 0 Å². The summed E-state index contributed by atoms with van der Waals surface area (Å²) in [6.07, 6.45) is 4.41. The Bertz CT molecular complexity index is 712. The van der Waals surface area contributed by atoms with E-state index in [-0.39, 0.29) is 16.2 Å². The van der Waals surface area contributed by atoms with E-state index in [0.717, 1.165) is 30.3 Å². The van der Waals surface area contributed by atoms with Crippen molar-refractivity contribution in [1.29, 1.82) is 0 Å². The van der Waals surface area contributed by atoms with Crippen LogP contribution in [0.4, 0.5) is 0 Å². The van der Waals surface area contributed by atoms with Gasteiger partial charge in [-0.05, 0) is 71.1 Å². The van der Waals surface area contributed by atoms with E-state index in [1.165, 1.54) is 17.5 Å². The summed E-state index contributed by atoms with van der Waals surface area (Å²) in [5, 5.41) is 0. The summed E-state index contributed by atoms with van der Waals surface area (Å²) in [6, 6.07) is 4.48. The van der Waals surface area contributed by atoms with Crippen molar-refractivity contribution in [2.75, 3.05) is 0 Å². The van der Waals surface area contributed by atoms with E-state index in [2.05, 4.69) is 74.4 Å². The van der Waals surface area contributed by atoms with Crippen molar-refractivity contribution < 1.29 is 9.22 Å². The molecule has 0 bridgehead atoms. The molecule has 0 N–H and O–H groups in total. The van der Waals surface area contributed by atoms with Crippen LogP contribution in [-0.2, 0) is 20.9 Å². The molecule has 0 fully saturated rings. The lowest BCUT2D eigenvalue weighted by Crippen LogP contribution is -2.39. The molecule has 1 aliphatic carbocycles. The van der Waals surface area contributed by atoms with Crippen LogP contribution in [-0.4, -0.2) is 16.8 Å². The van der Waals surface area contributed by atoms with Crippen LogP contribution >= 0.6 is 0 Å². The number of carbonyl (C=O) groups is 1. The third-order valence-corrected chi connectivity index (χ3v) is 7.82. The number of fused-ring (bicyclic) bond motifs is 1. The number of benzene rings is 1. The Morgan fingerprint density at radius 2 is 1.56 bits per heavy atom.